The molecular formula is C45H81O13P. The van der Waals surface area contributed by atoms with E-state index in [1.54, 1.807) is 0 Å². The number of ether oxygens (including phenoxy) is 2. The van der Waals surface area contributed by atoms with Crippen molar-refractivity contribution in [2.75, 3.05) is 13.2 Å². The molecule has 14 heteroatoms. The van der Waals surface area contributed by atoms with Gasteiger partial charge in [0.1, 0.15) is 43.2 Å². The third-order valence-corrected chi connectivity index (χ3v) is 11.4. The number of unbranched alkanes of at least 4 members (excludes halogenated alkanes) is 19. The number of hydrogen-bond donors (Lipinski definition) is 6. The maximum absolute atomic E-state index is 12.8. The highest BCUT2D eigenvalue weighted by Crippen LogP contribution is 2.47. The van der Waals surface area contributed by atoms with Crippen LogP contribution in [0.2, 0.25) is 0 Å². The predicted octanol–water partition coefficient (Wildman–Crippen LogP) is 8.61. The minimum Gasteiger partial charge on any atom is -0.462 e. The van der Waals surface area contributed by atoms with Crippen molar-refractivity contribution in [1.29, 1.82) is 0 Å². The first kappa shape index (κ1) is 55.1. The monoisotopic (exact) mass is 861 g/mol. The molecule has 0 aromatic heterocycles. The average Bonchev–Trinajstić information content (AvgIpc) is 3.21. The van der Waals surface area contributed by atoms with Gasteiger partial charge in [0.05, 0.1) is 6.61 Å². The first-order chi connectivity index (χ1) is 28.4. The lowest BCUT2D eigenvalue weighted by atomic mass is 9.85. The largest absolute Gasteiger partial charge is 0.472 e. The minimum absolute atomic E-state index is 0.0537. The van der Waals surface area contributed by atoms with Crippen molar-refractivity contribution in [1.82, 2.24) is 0 Å². The van der Waals surface area contributed by atoms with E-state index in [1.807, 2.05) is 0 Å². The lowest BCUT2D eigenvalue weighted by molar-refractivity contribution is -0.220. The van der Waals surface area contributed by atoms with Crippen molar-refractivity contribution in [3.05, 3.63) is 36.5 Å². The van der Waals surface area contributed by atoms with E-state index in [9.17, 15) is 44.6 Å². The summed E-state index contributed by atoms with van der Waals surface area (Å²) in [7, 11) is -5.12. The molecule has 1 saturated carbocycles. The second kappa shape index (κ2) is 35.6. The Morgan fingerprint density at radius 1 is 0.525 bits per heavy atom. The zero-order valence-electron chi connectivity index (χ0n) is 36.3. The van der Waals surface area contributed by atoms with Crippen molar-refractivity contribution >= 4 is 19.8 Å². The molecule has 6 N–H and O–H groups in total. The van der Waals surface area contributed by atoms with Crippen LogP contribution < -0.4 is 0 Å². The number of carbonyl (C=O) groups is 2. The molecular weight excluding hydrogens is 779 g/mol. The quantitative estimate of drug-likeness (QED) is 0.0150. The molecule has 1 aliphatic rings. The van der Waals surface area contributed by atoms with Crippen molar-refractivity contribution in [3.8, 4) is 0 Å². The molecule has 8 atom stereocenters. The van der Waals surface area contributed by atoms with Gasteiger partial charge in [-0.2, -0.15) is 0 Å². The van der Waals surface area contributed by atoms with Gasteiger partial charge in [-0.1, -0.05) is 134 Å². The molecule has 1 aliphatic carbocycles. The van der Waals surface area contributed by atoms with Crippen LogP contribution in [0.5, 0.6) is 0 Å². The summed E-state index contributed by atoms with van der Waals surface area (Å²) in [6.45, 7) is 3.24. The first-order valence-electron chi connectivity index (χ1n) is 22.8. The van der Waals surface area contributed by atoms with Gasteiger partial charge in [0.2, 0.25) is 0 Å². The third kappa shape index (κ3) is 28.3. The summed E-state index contributed by atoms with van der Waals surface area (Å²) in [6.07, 6.45) is 26.3. The summed E-state index contributed by atoms with van der Waals surface area (Å²) < 4.78 is 33.5. The lowest BCUT2D eigenvalue weighted by Gasteiger charge is -2.41. The molecule has 0 radical (unpaired) electrons. The van der Waals surface area contributed by atoms with Gasteiger partial charge in [-0.3, -0.25) is 18.6 Å². The van der Waals surface area contributed by atoms with Gasteiger partial charge in [-0.15, -0.1) is 0 Å². The summed E-state index contributed by atoms with van der Waals surface area (Å²) in [5.74, 6) is -1.14. The molecule has 0 bridgehead atoms. The van der Waals surface area contributed by atoms with Gasteiger partial charge in [-0.25, -0.2) is 4.57 Å². The van der Waals surface area contributed by atoms with E-state index in [2.05, 4.69) is 50.3 Å². The minimum atomic E-state index is -5.12. The molecule has 59 heavy (non-hydrogen) atoms. The molecule has 0 amide bonds. The van der Waals surface area contributed by atoms with Gasteiger partial charge in [0.25, 0.3) is 0 Å². The normalized spacial score (nSPS) is 22.6. The van der Waals surface area contributed by atoms with Crippen molar-refractivity contribution in [2.45, 2.75) is 224 Å². The summed E-state index contributed by atoms with van der Waals surface area (Å²) in [5, 5.41) is 50.1. The van der Waals surface area contributed by atoms with Crippen LogP contribution in [0.4, 0.5) is 0 Å². The molecule has 6 unspecified atom stereocenters. The standard InChI is InChI=1S/C45H81O13P/c1-3-5-7-9-11-13-15-17-19-21-23-25-27-29-31-33-38(46)55-35-37(36-56-59(53,54)58-45-43(51)41(49)40(48)42(50)44(45)52)57-39(47)34-32-30-28-26-24-22-20-18-16-14-12-10-8-6-4-2/h13,15,18,20,24,26,37,40-45,48-52H,3-12,14,16-17,19,21-23,25,27-36H2,1-2H3,(H,53,54)/b15-13+,20-18+,26-24+/t37-,40?,41-,42?,43?,44?,45?/m1/s1. The molecule has 0 saturated heterocycles. The fourth-order valence-electron chi connectivity index (χ4n) is 6.72. The number of carbonyl (C=O) groups excluding carboxylic acids is 2. The Morgan fingerprint density at radius 2 is 0.915 bits per heavy atom. The van der Waals surface area contributed by atoms with Gasteiger partial charge in [-0.05, 0) is 70.6 Å². The molecule has 344 valence electrons. The Morgan fingerprint density at radius 3 is 1.44 bits per heavy atom. The number of hydrogen-bond acceptors (Lipinski definition) is 12. The van der Waals surface area contributed by atoms with E-state index < -0.39 is 75.7 Å². The highest BCUT2D eigenvalue weighted by Gasteiger charge is 2.51. The van der Waals surface area contributed by atoms with E-state index in [4.69, 9.17) is 18.5 Å². The smallest absolute Gasteiger partial charge is 0.462 e. The van der Waals surface area contributed by atoms with Crippen LogP contribution in [-0.4, -0.2) is 98.3 Å². The molecule has 1 fully saturated rings. The van der Waals surface area contributed by atoms with E-state index in [0.717, 1.165) is 57.8 Å². The van der Waals surface area contributed by atoms with Crippen LogP contribution in [0.25, 0.3) is 0 Å². The number of phosphoric ester groups is 1. The Balaban J connectivity index is 2.50. The van der Waals surface area contributed by atoms with Gasteiger partial charge in [0.15, 0.2) is 6.10 Å². The Bertz CT molecular complexity index is 1180. The SMILES string of the molecule is CCCCCC/C=C/CCCCCCCCCC(=O)OC[C@H](COP(=O)(O)OC1C(O)C(O)C(O)[C@@H](O)C1O)OC(=O)CCCC/C=C/C/C=C/CCCCCCCC. The molecule has 1 rings (SSSR count). The number of allylic oxidation sites excluding steroid dienone is 6. The van der Waals surface area contributed by atoms with Crippen LogP contribution in [0.15, 0.2) is 36.5 Å². The molecule has 0 heterocycles. The van der Waals surface area contributed by atoms with E-state index in [0.29, 0.717) is 12.8 Å². The molecule has 0 spiro atoms. The van der Waals surface area contributed by atoms with Crippen LogP contribution >= 0.6 is 7.82 Å². The second-order valence-electron chi connectivity index (χ2n) is 15.9. The van der Waals surface area contributed by atoms with Crippen LogP contribution in [0, 0.1) is 0 Å². The topological polar surface area (TPSA) is 210 Å². The number of aliphatic hydroxyl groups is 5. The fourth-order valence-corrected chi connectivity index (χ4v) is 7.70. The Labute approximate surface area is 355 Å². The van der Waals surface area contributed by atoms with Crippen LogP contribution in [0.3, 0.4) is 0 Å². The molecule has 0 aromatic rings. The van der Waals surface area contributed by atoms with Gasteiger partial charge >= 0.3 is 19.8 Å². The number of aliphatic hydroxyl groups excluding tert-OH is 5. The van der Waals surface area contributed by atoms with E-state index >= 15 is 0 Å². The lowest BCUT2D eigenvalue weighted by Crippen LogP contribution is -2.64. The number of rotatable bonds is 37. The van der Waals surface area contributed by atoms with E-state index in [-0.39, 0.29) is 12.8 Å². The summed E-state index contributed by atoms with van der Waals surface area (Å²) in [6, 6.07) is 0. The van der Waals surface area contributed by atoms with Gasteiger partial charge < -0.3 is 39.9 Å². The van der Waals surface area contributed by atoms with Crippen LogP contribution in [0.1, 0.15) is 181 Å². The maximum atomic E-state index is 12.8. The van der Waals surface area contributed by atoms with Gasteiger partial charge in [0, 0.05) is 12.8 Å². The van der Waals surface area contributed by atoms with Crippen molar-refractivity contribution in [2.24, 2.45) is 0 Å². The predicted molar refractivity (Wildman–Crippen MR) is 230 cm³/mol. The third-order valence-electron chi connectivity index (χ3n) is 10.5. The van der Waals surface area contributed by atoms with E-state index in [1.165, 1.54) is 83.5 Å². The first-order valence-corrected chi connectivity index (χ1v) is 24.3. The molecule has 0 aromatic carbocycles. The Kier molecular flexibility index (Phi) is 33.3. The average molecular weight is 861 g/mol. The van der Waals surface area contributed by atoms with Crippen molar-refractivity contribution in [3.63, 3.8) is 0 Å². The molecule has 13 nitrogen and oxygen atoms in total. The summed E-state index contributed by atoms with van der Waals surface area (Å²) in [5.41, 5.74) is 0. The second-order valence-corrected chi connectivity index (χ2v) is 17.3. The maximum Gasteiger partial charge on any atom is 0.472 e. The number of phosphoric acid groups is 1. The Hall–Kier alpha value is -1.93. The highest BCUT2D eigenvalue weighted by molar-refractivity contribution is 7.47. The van der Waals surface area contributed by atoms with Crippen molar-refractivity contribution < 1.29 is 63.1 Å². The van der Waals surface area contributed by atoms with Crippen LogP contribution in [-0.2, 0) is 32.7 Å². The summed E-state index contributed by atoms with van der Waals surface area (Å²) >= 11 is 0. The summed E-state index contributed by atoms with van der Waals surface area (Å²) in [4.78, 5) is 35.6. The zero-order chi connectivity index (χ0) is 43.6. The number of esters is 2. The fraction of sp³-hybridized carbons (Fsp3) is 0.822. The molecule has 0 aliphatic heterocycles. The highest BCUT2D eigenvalue weighted by atomic mass is 31.2. The zero-order valence-corrected chi connectivity index (χ0v) is 37.2.